The molecule has 0 amide bonds. The molecule has 30 heavy (non-hydrogen) atoms. The fourth-order valence-corrected chi connectivity index (χ4v) is 3.89. The van der Waals surface area contributed by atoms with Crippen LogP contribution >= 0.6 is 0 Å². The van der Waals surface area contributed by atoms with Gasteiger partial charge in [0, 0.05) is 17.3 Å². The lowest BCUT2D eigenvalue weighted by Gasteiger charge is -2.47. The van der Waals surface area contributed by atoms with Crippen molar-refractivity contribution < 1.29 is 24.1 Å². The molecule has 0 unspecified atom stereocenters. The molecule has 2 aliphatic heterocycles. The highest BCUT2D eigenvalue weighted by atomic mass is 16.8. The van der Waals surface area contributed by atoms with Crippen molar-refractivity contribution in [1.29, 1.82) is 0 Å². The van der Waals surface area contributed by atoms with Crippen LogP contribution in [-0.2, 0) is 18.9 Å². The first-order valence-corrected chi connectivity index (χ1v) is 10.1. The molecule has 154 valence electrons. The number of benzene rings is 2. The fourth-order valence-electron chi connectivity index (χ4n) is 3.89. The lowest BCUT2D eigenvalue weighted by Crippen LogP contribution is -2.56. The van der Waals surface area contributed by atoms with Crippen LogP contribution in [0.15, 0.2) is 85.1 Å². The van der Waals surface area contributed by atoms with Crippen molar-refractivity contribution in [3.8, 4) is 0 Å². The van der Waals surface area contributed by atoms with Crippen LogP contribution in [0.1, 0.15) is 35.5 Å². The van der Waals surface area contributed by atoms with Gasteiger partial charge in [0.2, 0.25) is 0 Å². The van der Waals surface area contributed by atoms with E-state index in [0.717, 1.165) is 11.1 Å². The smallest absolute Gasteiger partial charge is 0.184 e. The van der Waals surface area contributed by atoms with Crippen LogP contribution in [0.2, 0.25) is 0 Å². The maximum atomic E-state index is 11.1. The molecule has 0 saturated carbocycles. The number of hydrogen-bond acceptors (Lipinski definition) is 6. The Labute approximate surface area is 175 Å². The Morgan fingerprint density at radius 3 is 2.10 bits per heavy atom. The summed E-state index contributed by atoms with van der Waals surface area (Å²) in [7, 11) is 0. The number of rotatable bonds is 4. The van der Waals surface area contributed by atoms with E-state index >= 15 is 0 Å². The zero-order chi connectivity index (χ0) is 20.3. The highest BCUT2D eigenvalue weighted by Crippen LogP contribution is 2.41. The quantitative estimate of drug-likeness (QED) is 0.714. The molecule has 5 rings (SSSR count). The molecule has 0 bridgehead atoms. The number of aliphatic hydroxyl groups is 1. The molecule has 3 heterocycles. The summed E-state index contributed by atoms with van der Waals surface area (Å²) in [6, 6.07) is 24.8. The minimum atomic E-state index is -0.969. The Morgan fingerprint density at radius 1 is 0.767 bits per heavy atom. The van der Waals surface area contributed by atoms with Gasteiger partial charge in [0.05, 0.1) is 12.3 Å². The molecule has 0 spiro atoms. The van der Waals surface area contributed by atoms with Gasteiger partial charge in [-0.15, -0.1) is 0 Å². The number of aliphatic hydroxyl groups excluding tert-OH is 1. The van der Waals surface area contributed by atoms with Gasteiger partial charge in [0.15, 0.2) is 12.6 Å². The molecule has 6 atom stereocenters. The summed E-state index contributed by atoms with van der Waals surface area (Å²) in [5.41, 5.74) is 2.31. The van der Waals surface area contributed by atoms with Gasteiger partial charge in [-0.25, -0.2) is 0 Å². The van der Waals surface area contributed by atoms with Crippen LogP contribution in [0.5, 0.6) is 0 Å². The molecule has 6 heteroatoms. The molecular formula is C24H23NO5. The van der Waals surface area contributed by atoms with E-state index in [2.05, 4.69) is 4.98 Å². The lowest BCUT2D eigenvalue weighted by atomic mass is 9.97. The van der Waals surface area contributed by atoms with Crippen molar-refractivity contribution in [2.45, 2.75) is 37.0 Å². The average molecular weight is 405 g/mol. The fraction of sp³-hybridized carbons (Fsp3) is 0.292. The zero-order valence-electron chi connectivity index (χ0n) is 16.3. The van der Waals surface area contributed by atoms with Gasteiger partial charge in [-0.1, -0.05) is 66.7 Å². The molecule has 0 radical (unpaired) electrons. The number of hydrogen-bond donors (Lipinski definition) is 1. The van der Waals surface area contributed by atoms with Gasteiger partial charge in [0.25, 0.3) is 0 Å². The van der Waals surface area contributed by atoms with E-state index in [1.165, 1.54) is 0 Å². The van der Waals surface area contributed by atoms with E-state index in [-0.39, 0.29) is 6.10 Å². The second-order valence-corrected chi connectivity index (χ2v) is 7.39. The Balaban J connectivity index is 1.44. The van der Waals surface area contributed by atoms with Crippen LogP contribution in [0.4, 0.5) is 0 Å². The molecule has 2 aliphatic rings. The van der Waals surface area contributed by atoms with E-state index in [4.69, 9.17) is 18.9 Å². The number of ether oxygens (including phenoxy) is 4. The molecule has 2 fully saturated rings. The summed E-state index contributed by atoms with van der Waals surface area (Å²) in [5.74, 6) is 0. The highest BCUT2D eigenvalue weighted by molar-refractivity contribution is 5.19. The predicted molar refractivity (Wildman–Crippen MR) is 108 cm³/mol. The number of fused-ring (bicyclic) bond motifs is 1. The third kappa shape index (κ3) is 3.88. The number of aromatic nitrogens is 1. The minimum absolute atomic E-state index is 0.336. The van der Waals surface area contributed by atoms with Crippen molar-refractivity contribution in [3.05, 3.63) is 102 Å². The van der Waals surface area contributed by atoms with Crippen molar-refractivity contribution in [2.24, 2.45) is 0 Å². The van der Waals surface area contributed by atoms with Crippen LogP contribution in [0, 0.1) is 0 Å². The Kier molecular flexibility index (Phi) is 5.57. The number of pyridine rings is 1. The zero-order valence-corrected chi connectivity index (χ0v) is 16.3. The van der Waals surface area contributed by atoms with E-state index < -0.39 is 30.9 Å². The summed E-state index contributed by atoms with van der Waals surface area (Å²) in [6.07, 6.45) is -2.06. The van der Waals surface area contributed by atoms with Gasteiger partial charge < -0.3 is 24.1 Å². The molecule has 1 N–H and O–H groups in total. The van der Waals surface area contributed by atoms with Crippen LogP contribution in [0.3, 0.4) is 0 Å². The first-order chi connectivity index (χ1) is 14.8. The first-order valence-electron chi connectivity index (χ1n) is 10.1. The summed E-state index contributed by atoms with van der Waals surface area (Å²) in [5, 5.41) is 11.1. The van der Waals surface area contributed by atoms with Gasteiger partial charge in [-0.05, 0) is 12.1 Å². The molecule has 2 aromatic carbocycles. The molecule has 1 aromatic heterocycles. The molecule has 0 aliphatic carbocycles. The normalized spacial score (nSPS) is 29.7. The monoisotopic (exact) mass is 405 g/mol. The summed E-state index contributed by atoms with van der Waals surface area (Å²) in [4.78, 5) is 4.31. The van der Waals surface area contributed by atoms with Crippen LogP contribution < -0.4 is 0 Å². The maximum Gasteiger partial charge on any atom is 0.184 e. The van der Waals surface area contributed by atoms with E-state index in [1.54, 1.807) is 12.3 Å². The van der Waals surface area contributed by atoms with E-state index in [9.17, 15) is 5.11 Å². The van der Waals surface area contributed by atoms with Crippen molar-refractivity contribution >= 4 is 0 Å². The minimum Gasteiger partial charge on any atom is -0.384 e. The Bertz CT molecular complexity index is 940. The standard InChI is InChI=1S/C24H23NO5/c26-20(18-13-7-8-14-25-18)22-21-19(28-24(30-22)17-11-5-2-6-12-17)15-27-23(29-21)16-9-3-1-4-10-16/h1-14,19-24,26H,15H2/t19-,20+,21-,22+,23-,24-/m1/s1. The van der Waals surface area contributed by atoms with Crippen molar-refractivity contribution in [3.63, 3.8) is 0 Å². The first kappa shape index (κ1) is 19.4. The maximum absolute atomic E-state index is 11.1. The highest BCUT2D eigenvalue weighted by Gasteiger charge is 2.48. The van der Waals surface area contributed by atoms with Crippen LogP contribution in [-0.4, -0.2) is 35.0 Å². The van der Waals surface area contributed by atoms with Gasteiger partial charge in [-0.2, -0.15) is 0 Å². The molecule has 2 saturated heterocycles. The Hall–Kier alpha value is -2.61. The number of nitrogens with zero attached hydrogens (tertiary/aromatic N) is 1. The molecule has 3 aromatic rings. The van der Waals surface area contributed by atoms with Crippen molar-refractivity contribution in [2.75, 3.05) is 6.61 Å². The average Bonchev–Trinajstić information content (AvgIpc) is 2.84. The second-order valence-electron chi connectivity index (χ2n) is 7.39. The molecule has 6 nitrogen and oxygen atoms in total. The largest absolute Gasteiger partial charge is 0.384 e. The topological polar surface area (TPSA) is 70.0 Å². The predicted octanol–water partition coefficient (Wildman–Crippen LogP) is 3.71. The van der Waals surface area contributed by atoms with E-state index in [0.29, 0.717) is 12.3 Å². The van der Waals surface area contributed by atoms with Crippen molar-refractivity contribution in [1.82, 2.24) is 4.98 Å². The van der Waals surface area contributed by atoms with Gasteiger partial charge >= 0.3 is 0 Å². The third-order valence-electron chi connectivity index (χ3n) is 5.41. The van der Waals surface area contributed by atoms with Crippen LogP contribution in [0.25, 0.3) is 0 Å². The SMILES string of the molecule is O[C@@H](c1ccccn1)[C@@H]1O[C@H](c2ccccc2)O[C@@H]2CO[C@@H](c3ccccc3)O[C@@H]12. The second kappa shape index (κ2) is 8.63. The van der Waals surface area contributed by atoms with Gasteiger partial charge in [-0.3, -0.25) is 4.98 Å². The summed E-state index contributed by atoms with van der Waals surface area (Å²) < 4.78 is 24.6. The van der Waals surface area contributed by atoms with E-state index in [1.807, 2.05) is 72.8 Å². The molecular weight excluding hydrogens is 382 g/mol. The third-order valence-corrected chi connectivity index (χ3v) is 5.41. The lowest BCUT2D eigenvalue weighted by molar-refractivity contribution is -0.373. The summed E-state index contributed by atoms with van der Waals surface area (Å²) in [6.45, 7) is 0.336. The van der Waals surface area contributed by atoms with Gasteiger partial charge in [0.1, 0.15) is 24.4 Å². The summed E-state index contributed by atoms with van der Waals surface area (Å²) >= 11 is 0. The Morgan fingerprint density at radius 2 is 1.43 bits per heavy atom.